The van der Waals surface area contributed by atoms with Gasteiger partial charge in [0, 0.05) is 11.3 Å². The van der Waals surface area contributed by atoms with E-state index in [0.29, 0.717) is 5.17 Å². The fourth-order valence-electron chi connectivity index (χ4n) is 1.94. The first-order valence-corrected chi connectivity index (χ1v) is 8.76. The molecule has 0 spiro atoms. The minimum atomic E-state index is 0.428. The zero-order valence-electron chi connectivity index (χ0n) is 13.0. The van der Waals surface area contributed by atoms with Crippen LogP contribution in [-0.2, 0) is 5.75 Å². The van der Waals surface area contributed by atoms with E-state index in [1.807, 2.05) is 37.3 Å². The summed E-state index contributed by atoms with van der Waals surface area (Å²) in [6.45, 7) is 1.99. The van der Waals surface area contributed by atoms with Gasteiger partial charge in [-0.15, -0.1) is 5.10 Å². The number of rotatable bonds is 5. The maximum atomic E-state index is 5.88. The molecule has 2 aromatic carbocycles. The van der Waals surface area contributed by atoms with Gasteiger partial charge in [0.2, 0.25) is 0 Å². The van der Waals surface area contributed by atoms with E-state index in [2.05, 4.69) is 38.3 Å². The van der Waals surface area contributed by atoms with E-state index in [0.717, 1.165) is 27.1 Å². The highest BCUT2D eigenvalue weighted by Crippen LogP contribution is 2.30. The van der Waals surface area contributed by atoms with Gasteiger partial charge in [0.1, 0.15) is 5.75 Å². The Morgan fingerprint density at radius 2 is 2.00 bits per heavy atom. The van der Waals surface area contributed by atoms with Gasteiger partial charge in [-0.3, -0.25) is 0 Å². The predicted octanol–water partition coefficient (Wildman–Crippen LogP) is 4.35. The Morgan fingerprint density at radius 3 is 2.70 bits per heavy atom. The van der Waals surface area contributed by atoms with Crippen LogP contribution in [0.2, 0.25) is 0 Å². The van der Waals surface area contributed by atoms with Crippen molar-refractivity contribution >= 4 is 39.1 Å². The van der Waals surface area contributed by atoms with Crippen molar-refractivity contribution in [1.82, 2.24) is 0 Å². The molecule has 4 nitrogen and oxygen atoms in total. The third-order valence-corrected chi connectivity index (χ3v) is 4.62. The molecular formula is C17H18BrN3OS. The number of methoxy groups -OCH3 is 1. The smallest absolute Gasteiger partial charge is 0.180 e. The molecule has 2 N–H and O–H groups in total. The summed E-state index contributed by atoms with van der Waals surface area (Å²) in [4.78, 5) is 0. The summed E-state index contributed by atoms with van der Waals surface area (Å²) in [5.74, 6) is 1.50. The Kier molecular flexibility index (Phi) is 6.67. The third-order valence-electron chi connectivity index (χ3n) is 3.14. The molecule has 0 fully saturated rings. The molecule has 0 saturated heterocycles. The fraction of sp³-hybridized carbons (Fsp3) is 0.176. The first kappa shape index (κ1) is 17.6. The molecule has 0 aromatic heterocycles. The Balaban J connectivity index is 2.04. The summed E-state index contributed by atoms with van der Waals surface area (Å²) in [5, 5.41) is 8.54. The standard InChI is InChI=1S/C17H18BrN3OS/c1-12-8-9-15(18)16(22-2)14(12)10-20-21-17(19)23-11-13-6-4-3-5-7-13/h3-10H,11H2,1-2H3,(H2,19,21). The Bertz CT molecular complexity index is 717. The average Bonchev–Trinajstić information content (AvgIpc) is 2.57. The Hall–Kier alpha value is -1.79. The van der Waals surface area contributed by atoms with Crippen LogP contribution in [0.25, 0.3) is 0 Å². The van der Waals surface area contributed by atoms with Gasteiger partial charge in [-0.2, -0.15) is 5.10 Å². The molecule has 120 valence electrons. The predicted molar refractivity (Wildman–Crippen MR) is 102 cm³/mol. The largest absolute Gasteiger partial charge is 0.495 e. The summed E-state index contributed by atoms with van der Waals surface area (Å²) in [6, 6.07) is 14.0. The van der Waals surface area contributed by atoms with Crippen molar-refractivity contribution in [1.29, 1.82) is 0 Å². The van der Waals surface area contributed by atoms with E-state index in [9.17, 15) is 0 Å². The molecule has 0 amide bonds. The van der Waals surface area contributed by atoms with Crippen LogP contribution in [0, 0.1) is 6.92 Å². The summed E-state index contributed by atoms with van der Waals surface area (Å²) in [7, 11) is 1.63. The number of ether oxygens (including phenoxy) is 1. The summed E-state index contributed by atoms with van der Waals surface area (Å²) in [6.07, 6.45) is 1.66. The van der Waals surface area contributed by atoms with Crippen LogP contribution in [0.4, 0.5) is 0 Å². The molecule has 0 aliphatic carbocycles. The van der Waals surface area contributed by atoms with Crippen molar-refractivity contribution in [2.45, 2.75) is 12.7 Å². The van der Waals surface area contributed by atoms with Gasteiger partial charge in [-0.05, 0) is 40.0 Å². The third kappa shape index (κ3) is 5.11. The highest BCUT2D eigenvalue weighted by molar-refractivity contribution is 9.10. The zero-order valence-corrected chi connectivity index (χ0v) is 15.4. The number of hydrogen-bond acceptors (Lipinski definition) is 4. The van der Waals surface area contributed by atoms with Crippen LogP contribution in [0.15, 0.2) is 57.1 Å². The molecule has 0 radical (unpaired) electrons. The van der Waals surface area contributed by atoms with E-state index < -0.39 is 0 Å². The normalized spacial score (nSPS) is 11.9. The maximum absolute atomic E-state index is 5.88. The molecule has 0 bridgehead atoms. The summed E-state index contributed by atoms with van der Waals surface area (Å²) in [5.41, 5.74) is 9.02. The first-order valence-electron chi connectivity index (χ1n) is 6.98. The number of nitrogens with zero attached hydrogens (tertiary/aromatic N) is 2. The lowest BCUT2D eigenvalue weighted by Crippen LogP contribution is -2.06. The molecule has 0 aliphatic heterocycles. The van der Waals surface area contributed by atoms with Crippen LogP contribution in [0.3, 0.4) is 0 Å². The minimum absolute atomic E-state index is 0.428. The quantitative estimate of drug-likeness (QED) is 0.468. The summed E-state index contributed by atoms with van der Waals surface area (Å²) < 4.78 is 6.27. The van der Waals surface area contributed by atoms with Crippen molar-refractivity contribution in [2.24, 2.45) is 15.9 Å². The molecule has 6 heteroatoms. The molecule has 2 rings (SSSR count). The van der Waals surface area contributed by atoms with Gasteiger partial charge in [0.15, 0.2) is 5.17 Å². The maximum Gasteiger partial charge on any atom is 0.180 e. The average molecular weight is 392 g/mol. The van der Waals surface area contributed by atoms with Gasteiger partial charge in [-0.1, -0.05) is 48.2 Å². The number of thioether (sulfide) groups is 1. The highest BCUT2D eigenvalue weighted by atomic mass is 79.9. The minimum Gasteiger partial charge on any atom is -0.495 e. The molecule has 0 atom stereocenters. The number of aryl methyl sites for hydroxylation is 1. The van der Waals surface area contributed by atoms with E-state index in [1.54, 1.807) is 13.3 Å². The molecular weight excluding hydrogens is 374 g/mol. The van der Waals surface area contributed by atoms with Gasteiger partial charge in [-0.25, -0.2) is 0 Å². The van der Waals surface area contributed by atoms with Crippen molar-refractivity contribution in [2.75, 3.05) is 7.11 Å². The van der Waals surface area contributed by atoms with Crippen LogP contribution in [0.1, 0.15) is 16.7 Å². The monoisotopic (exact) mass is 391 g/mol. The van der Waals surface area contributed by atoms with E-state index in [4.69, 9.17) is 10.5 Å². The van der Waals surface area contributed by atoms with Crippen molar-refractivity contribution in [3.05, 3.63) is 63.6 Å². The second kappa shape index (κ2) is 8.74. The fourth-order valence-corrected chi connectivity index (χ4v) is 3.06. The first-order chi connectivity index (χ1) is 11.1. The second-order valence-electron chi connectivity index (χ2n) is 4.77. The number of hydrogen-bond donors (Lipinski definition) is 1. The SMILES string of the molecule is COc1c(Br)ccc(C)c1C=NN=C(N)SCc1ccccc1. The number of nitrogens with two attached hydrogens (primary N) is 1. The highest BCUT2D eigenvalue weighted by Gasteiger charge is 2.08. The molecule has 0 heterocycles. The molecule has 0 unspecified atom stereocenters. The van der Waals surface area contributed by atoms with Gasteiger partial charge in [0.25, 0.3) is 0 Å². The van der Waals surface area contributed by atoms with Crippen molar-refractivity contribution in [3.63, 3.8) is 0 Å². The van der Waals surface area contributed by atoms with Gasteiger partial charge < -0.3 is 10.5 Å². The lowest BCUT2D eigenvalue weighted by atomic mass is 10.1. The van der Waals surface area contributed by atoms with Crippen LogP contribution in [0.5, 0.6) is 5.75 Å². The van der Waals surface area contributed by atoms with Gasteiger partial charge in [0.05, 0.1) is 17.8 Å². The lowest BCUT2D eigenvalue weighted by Gasteiger charge is -2.09. The van der Waals surface area contributed by atoms with Gasteiger partial charge >= 0.3 is 0 Å². The van der Waals surface area contributed by atoms with E-state index >= 15 is 0 Å². The van der Waals surface area contributed by atoms with Crippen molar-refractivity contribution < 1.29 is 4.74 Å². The molecule has 0 saturated carbocycles. The van der Waals surface area contributed by atoms with E-state index in [1.165, 1.54) is 17.3 Å². The second-order valence-corrected chi connectivity index (χ2v) is 6.62. The Labute approximate surface area is 149 Å². The molecule has 0 aliphatic rings. The topological polar surface area (TPSA) is 60.0 Å². The summed E-state index contributed by atoms with van der Waals surface area (Å²) >= 11 is 4.92. The zero-order chi connectivity index (χ0) is 16.7. The molecule has 23 heavy (non-hydrogen) atoms. The number of amidine groups is 1. The van der Waals surface area contributed by atoms with Crippen LogP contribution < -0.4 is 10.5 Å². The number of halogens is 1. The van der Waals surface area contributed by atoms with Crippen LogP contribution in [-0.4, -0.2) is 18.5 Å². The van der Waals surface area contributed by atoms with Crippen LogP contribution >= 0.6 is 27.7 Å². The lowest BCUT2D eigenvalue weighted by molar-refractivity contribution is 0.411. The van der Waals surface area contributed by atoms with E-state index in [-0.39, 0.29) is 0 Å². The Morgan fingerprint density at radius 1 is 1.26 bits per heavy atom. The molecule has 2 aromatic rings. The van der Waals surface area contributed by atoms with Crippen molar-refractivity contribution in [3.8, 4) is 5.75 Å². The number of benzene rings is 2.